The Kier molecular flexibility index (Phi) is 11.0. The molecule has 346 valence electrons. The van der Waals surface area contributed by atoms with E-state index in [2.05, 4.69) is 296 Å². The van der Waals surface area contributed by atoms with Crippen LogP contribution >= 0.6 is 0 Å². The van der Waals surface area contributed by atoms with E-state index in [1.165, 1.54) is 94.6 Å². The number of fused-ring (bicyclic) bond motifs is 4. The van der Waals surface area contributed by atoms with Crippen LogP contribution in [-0.4, -0.2) is 6.71 Å². The van der Waals surface area contributed by atoms with E-state index in [4.69, 9.17) is 0 Å². The van der Waals surface area contributed by atoms with Crippen molar-refractivity contribution in [3.63, 3.8) is 0 Å². The Morgan fingerprint density at radius 2 is 0.630 bits per heavy atom. The van der Waals surface area contributed by atoms with Gasteiger partial charge in [-0.3, -0.25) is 0 Å². The number of rotatable bonds is 9. The van der Waals surface area contributed by atoms with Crippen molar-refractivity contribution < 1.29 is 0 Å². The van der Waals surface area contributed by atoms with E-state index in [1.807, 2.05) is 0 Å². The van der Waals surface area contributed by atoms with Crippen molar-refractivity contribution in [2.24, 2.45) is 0 Å². The molecular weight excluding hydrogens is 882 g/mol. The molecule has 13 rings (SSSR count). The number of nitrogens with zero attached hydrogens (tertiary/aromatic N) is 3. The molecule has 73 heavy (non-hydrogen) atoms. The Morgan fingerprint density at radius 3 is 1.04 bits per heavy atom. The summed E-state index contributed by atoms with van der Waals surface area (Å²) in [4.78, 5) is 7.64. The molecule has 2 aliphatic heterocycles. The first-order valence-electron chi connectivity index (χ1n) is 25.4. The normalized spacial score (nSPS) is 12.2. The number of hydrogen-bond acceptors (Lipinski definition) is 3. The summed E-state index contributed by atoms with van der Waals surface area (Å²) >= 11 is 0. The fraction of sp³-hybridized carbons (Fsp3) is 0.0435. The maximum Gasteiger partial charge on any atom is 0.252 e. The zero-order valence-corrected chi connectivity index (χ0v) is 41.2. The Labute approximate surface area is 429 Å². The average Bonchev–Trinajstić information content (AvgIpc) is 3.45. The average molecular weight is 934 g/mol. The zero-order chi connectivity index (χ0) is 49.0. The molecule has 0 unspecified atom stereocenters. The van der Waals surface area contributed by atoms with Crippen LogP contribution in [0.2, 0.25) is 0 Å². The lowest BCUT2D eigenvalue weighted by Gasteiger charge is -2.46. The number of para-hydroxylation sites is 3. The summed E-state index contributed by atoms with van der Waals surface area (Å²) in [5, 5.41) is 0. The molecule has 0 fully saturated rings. The summed E-state index contributed by atoms with van der Waals surface area (Å²) in [5.41, 5.74) is 27.1. The van der Waals surface area contributed by atoms with Crippen LogP contribution in [0.4, 0.5) is 51.2 Å². The van der Waals surface area contributed by atoms with Gasteiger partial charge in [0.05, 0.1) is 11.4 Å². The van der Waals surface area contributed by atoms with E-state index >= 15 is 0 Å². The van der Waals surface area contributed by atoms with Crippen LogP contribution in [0.3, 0.4) is 0 Å². The van der Waals surface area contributed by atoms with Crippen molar-refractivity contribution in [2.75, 3.05) is 14.7 Å². The molecule has 0 atom stereocenters. The molecule has 11 aromatic carbocycles. The Morgan fingerprint density at radius 1 is 0.288 bits per heavy atom. The van der Waals surface area contributed by atoms with E-state index in [0.29, 0.717) is 0 Å². The Bertz CT molecular complexity index is 3650. The van der Waals surface area contributed by atoms with Gasteiger partial charge in [0.25, 0.3) is 6.71 Å². The number of benzene rings is 11. The highest BCUT2D eigenvalue weighted by Gasteiger charge is 2.45. The SMILES string of the molecule is Cc1cc(-c2ccccc2)c(N2c3ccccc3B3c4cc(N(c5ccccc5)c5ccccc5)ccc4N(c4c(-c5ccccc5)cc(C)cc4-c4ccccc4)c4cc(C)cc2c43)c(-c2ccccc2)c1. The summed E-state index contributed by atoms with van der Waals surface area (Å²) in [6.07, 6.45) is 0. The van der Waals surface area contributed by atoms with E-state index in [1.54, 1.807) is 0 Å². The minimum Gasteiger partial charge on any atom is -0.311 e. The molecule has 0 N–H and O–H groups in total. The summed E-state index contributed by atoms with van der Waals surface area (Å²) in [7, 11) is 0. The standard InChI is InChI=1S/C69H52BN3/c1-47-40-57(50-24-10-4-11-25-50)68(58(41-47)51-26-12-5-13-27-51)72-63-37-23-22-36-61(63)70-62-46-56(71(54-32-18-8-19-33-54)55-34-20-9-21-35-55)38-39-64(62)73(66-45-49(3)44-65(72)67(66)70)69-59(52-28-14-6-15-29-52)42-48(2)43-60(69)53-30-16-7-17-31-53/h4-46H,1-3H3. The minimum absolute atomic E-state index is 0.116. The molecular formula is C69H52BN3. The lowest BCUT2D eigenvalue weighted by atomic mass is 9.33. The molecule has 0 amide bonds. The molecule has 0 radical (unpaired) electrons. The second-order valence-electron chi connectivity index (χ2n) is 19.5. The summed E-state index contributed by atoms with van der Waals surface area (Å²) in [5.74, 6) is 0. The van der Waals surface area contributed by atoms with Gasteiger partial charge in [0.1, 0.15) is 0 Å². The molecule has 0 spiro atoms. The number of hydrogen-bond donors (Lipinski definition) is 0. The van der Waals surface area contributed by atoms with Crippen LogP contribution in [0.25, 0.3) is 44.5 Å². The van der Waals surface area contributed by atoms with Crippen molar-refractivity contribution in [2.45, 2.75) is 20.8 Å². The van der Waals surface area contributed by atoms with Crippen LogP contribution in [0.5, 0.6) is 0 Å². The molecule has 0 aliphatic carbocycles. The highest BCUT2D eigenvalue weighted by molar-refractivity contribution is 7.00. The third-order valence-electron chi connectivity index (χ3n) is 14.7. The van der Waals surface area contributed by atoms with Crippen LogP contribution in [-0.2, 0) is 0 Å². The third-order valence-corrected chi connectivity index (χ3v) is 14.7. The van der Waals surface area contributed by atoms with Gasteiger partial charge in [-0.05, 0) is 161 Å². The molecule has 3 nitrogen and oxygen atoms in total. The first-order chi connectivity index (χ1) is 36.0. The summed E-state index contributed by atoms with van der Waals surface area (Å²) < 4.78 is 0. The lowest BCUT2D eigenvalue weighted by molar-refractivity contribution is 1.23. The van der Waals surface area contributed by atoms with Crippen molar-refractivity contribution in [3.05, 3.63) is 278 Å². The van der Waals surface area contributed by atoms with Gasteiger partial charge in [-0.2, -0.15) is 0 Å². The first kappa shape index (κ1) is 43.9. The van der Waals surface area contributed by atoms with Gasteiger partial charge in [-0.15, -0.1) is 0 Å². The first-order valence-corrected chi connectivity index (χ1v) is 25.4. The maximum atomic E-state index is 2.62. The van der Waals surface area contributed by atoms with Gasteiger partial charge in [0, 0.05) is 62.1 Å². The van der Waals surface area contributed by atoms with Gasteiger partial charge in [-0.25, -0.2) is 0 Å². The molecule has 0 bridgehead atoms. The van der Waals surface area contributed by atoms with Crippen LogP contribution in [0, 0.1) is 20.8 Å². The highest BCUT2D eigenvalue weighted by Crippen LogP contribution is 2.53. The quantitative estimate of drug-likeness (QED) is 0.134. The van der Waals surface area contributed by atoms with E-state index in [-0.39, 0.29) is 6.71 Å². The summed E-state index contributed by atoms with van der Waals surface area (Å²) in [6.45, 7) is 6.62. The second-order valence-corrected chi connectivity index (χ2v) is 19.5. The van der Waals surface area contributed by atoms with Crippen molar-refractivity contribution in [1.29, 1.82) is 0 Å². The zero-order valence-electron chi connectivity index (χ0n) is 41.2. The predicted octanol–water partition coefficient (Wildman–Crippen LogP) is 16.8. The minimum atomic E-state index is -0.116. The lowest BCUT2D eigenvalue weighted by Crippen LogP contribution is -2.61. The van der Waals surface area contributed by atoms with Crippen LogP contribution < -0.4 is 31.1 Å². The molecule has 2 heterocycles. The Hall–Kier alpha value is -9.12. The third kappa shape index (κ3) is 7.62. The molecule has 0 aromatic heterocycles. The van der Waals surface area contributed by atoms with Crippen LogP contribution in [0.15, 0.2) is 261 Å². The Balaban J connectivity index is 1.17. The topological polar surface area (TPSA) is 9.72 Å². The largest absolute Gasteiger partial charge is 0.311 e. The molecule has 11 aromatic rings. The highest BCUT2D eigenvalue weighted by atomic mass is 15.2. The van der Waals surface area contributed by atoms with E-state index < -0.39 is 0 Å². The van der Waals surface area contributed by atoms with Crippen molar-refractivity contribution in [1.82, 2.24) is 0 Å². The smallest absolute Gasteiger partial charge is 0.252 e. The maximum absolute atomic E-state index is 2.62. The van der Waals surface area contributed by atoms with Gasteiger partial charge >= 0.3 is 0 Å². The van der Waals surface area contributed by atoms with Crippen molar-refractivity contribution >= 4 is 74.3 Å². The van der Waals surface area contributed by atoms with Gasteiger partial charge in [0.15, 0.2) is 0 Å². The predicted molar refractivity (Wildman–Crippen MR) is 311 cm³/mol. The fourth-order valence-corrected chi connectivity index (χ4v) is 11.7. The molecule has 2 aliphatic rings. The molecule has 0 saturated heterocycles. The van der Waals surface area contributed by atoms with Gasteiger partial charge in [-0.1, -0.05) is 176 Å². The monoisotopic (exact) mass is 933 g/mol. The second kappa shape index (κ2) is 18.2. The number of anilines is 9. The van der Waals surface area contributed by atoms with Gasteiger partial charge < -0.3 is 14.7 Å². The fourth-order valence-electron chi connectivity index (χ4n) is 11.7. The van der Waals surface area contributed by atoms with Crippen LogP contribution in [0.1, 0.15) is 16.7 Å². The van der Waals surface area contributed by atoms with Gasteiger partial charge in [0.2, 0.25) is 0 Å². The molecule has 0 saturated carbocycles. The van der Waals surface area contributed by atoms with E-state index in [0.717, 1.165) is 34.1 Å². The summed E-state index contributed by atoms with van der Waals surface area (Å²) in [6, 6.07) is 96.3. The van der Waals surface area contributed by atoms with Crippen molar-refractivity contribution in [3.8, 4) is 44.5 Å². The number of aryl methyl sites for hydroxylation is 3. The van der Waals surface area contributed by atoms with E-state index in [9.17, 15) is 0 Å². The molecule has 4 heteroatoms.